The van der Waals surface area contributed by atoms with Crippen molar-refractivity contribution in [1.29, 1.82) is 0 Å². The van der Waals surface area contributed by atoms with Gasteiger partial charge < -0.3 is 19.5 Å². The maximum atomic E-state index is 13.1. The number of ketones is 1. The van der Waals surface area contributed by atoms with Crippen molar-refractivity contribution < 1.29 is 19.4 Å². The summed E-state index contributed by atoms with van der Waals surface area (Å²) in [5.74, 6) is 1.04. The van der Waals surface area contributed by atoms with Crippen molar-refractivity contribution >= 4 is 5.78 Å². The SMILES string of the molecule is CN1CCC23c4c5ccc(Oc6nnnn6-c6ccccc6)c4OC2C(=O)CCC3(O)C1C5. The molecule has 2 bridgehead atoms. The van der Waals surface area contributed by atoms with Crippen LogP contribution in [0, 0.1) is 0 Å². The number of aromatic nitrogens is 4. The first-order valence-electron chi connectivity index (χ1n) is 11.3. The van der Waals surface area contributed by atoms with Crippen LogP contribution < -0.4 is 9.47 Å². The molecule has 4 unspecified atom stereocenters. The van der Waals surface area contributed by atoms with Crippen LogP contribution >= 0.6 is 0 Å². The molecule has 4 atom stereocenters. The molecule has 1 spiro atoms. The van der Waals surface area contributed by atoms with E-state index in [-0.39, 0.29) is 17.8 Å². The van der Waals surface area contributed by atoms with Crippen molar-refractivity contribution in [2.75, 3.05) is 13.6 Å². The number of nitrogens with zero attached hydrogens (tertiary/aromatic N) is 5. The molecule has 9 heteroatoms. The number of para-hydroxylation sites is 1. The van der Waals surface area contributed by atoms with Crippen LogP contribution in [0.3, 0.4) is 0 Å². The number of likely N-dealkylation sites (tertiary alicyclic amines) is 1. The van der Waals surface area contributed by atoms with Crippen LogP contribution in [-0.2, 0) is 16.6 Å². The molecule has 1 aromatic heterocycles. The number of hydrogen-bond donors (Lipinski definition) is 1. The molecule has 2 aromatic carbocycles. The third kappa shape index (κ3) is 2.28. The first-order valence-corrected chi connectivity index (χ1v) is 11.3. The molecule has 9 nitrogen and oxygen atoms in total. The molecule has 3 heterocycles. The second-order valence-corrected chi connectivity index (χ2v) is 9.55. The van der Waals surface area contributed by atoms with Gasteiger partial charge in [0.25, 0.3) is 0 Å². The summed E-state index contributed by atoms with van der Waals surface area (Å²) in [6.45, 7) is 0.802. The van der Waals surface area contributed by atoms with Crippen molar-refractivity contribution in [1.82, 2.24) is 25.1 Å². The number of carbonyl (C=O) groups excluding carboxylic acids is 1. The van der Waals surface area contributed by atoms with Crippen molar-refractivity contribution in [3.8, 4) is 23.2 Å². The molecule has 1 saturated carbocycles. The topological polar surface area (TPSA) is 103 Å². The molecule has 2 fully saturated rings. The number of hydrogen-bond acceptors (Lipinski definition) is 8. The maximum absolute atomic E-state index is 13.1. The Labute approximate surface area is 189 Å². The molecule has 3 aromatic rings. The fourth-order valence-corrected chi connectivity index (χ4v) is 6.68. The number of piperidine rings is 1. The summed E-state index contributed by atoms with van der Waals surface area (Å²) < 4.78 is 14.1. The average Bonchev–Trinajstić information content (AvgIpc) is 3.43. The van der Waals surface area contributed by atoms with Crippen LogP contribution in [-0.4, -0.2) is 67.3 Å². The van der Waals surface area contributed by atoms with Gasteiger partial charge in [-0.1, -0.05) is 29.4 Å². The number of tetrazole rings is 1. The highest BCUT2D eigenvalue weighted by molar-refractivity contribution is 5.90. The third-order valence-corrected chi connectivity index (χ3v) is 8.15. The minimum absolute atomic E-state index is 0.0407. The molecule has 1 N–H and O–H groups in total. The minimum atomic E-state index is -1.01. The van der Waals surface area contributed by atoms with Gasteiger partial charge in [0.1, 0.15) is 0 Å². The molecule has 0 radical (unpaired) electrons. The molecule has 7 rings (SSSR count). The van der Waals surface area contributed by atoms with Crippen molar-refractivity contribution in [3.05, 3.63) is 53.6 Å². The van der Waals surface area contributed by atoms with Gasteiger partial charge in [-0.3, -0.25) is 4.79 Å². The fourth-order valence-electron chi connectivity index (χ4n) is 6.68. The van der Waals surface area contributed by atoms with Gasteiger partial charge in [0.15, 0.2) is 23.4 Å². The first-order chi connectivity index (χ1) is 16.0. The molecule has 168 valence electrons. The lowest BCUT2D eigenvalue weighted by Crippen LogP contribution is -2.76. The van der Waals surface area contributed by atoms with Crippen LogP contribution in [0.1, 0.15) is 30.4 Å². The van der Waals surface area contributed by atoms with E-state index in [0.717, 1.165) is 23.4 Å². The number of ether oxygens (including phenoxy) is 2. The number of carbonyl (C=O) groups is 1. The number of Topliss-reactive ketones (excluding diaryl/α,β-unsaturated/α-hetero) is 1. The van der Waals surface area contributed by atoms with Crippen LogP contribution in [0.15, 0.2) is 42.5 Å². The van der Waals surface area contributed by atoms with Gasteiger partial charge in [0.2, 0.25) is 0 Å². The van der Waals surface area contributed by atoms with E-state index in [9.17, 15) is 9.90 Å². The summed E-state index contributed by atoms with van der Waals surface area (Å²) in [6.07, 6.45) is 1.45. The summed E-state index contributed by atoms with van der Waals surface area (Å²) >= 11 is 0. The van der Waals surface area contributed by atoms with E-state index in [1.165, 1.54) is 4.68 Å². The van der Waals surface area contributed by atoms with Crippen molar-refractivity contribution in [3.63, 3.8) is 0 Å². The summed E-state index contributed by atoms with van der Waals surface area (Å²) in [5.41, 5.74) is 1.05. The molecule has 2 aliphatic carbocycles. The Morgan fingerprint density at radius 1 is 1.18 bits per heavy atom. The van der Waals surface area contributed by atoms with E-state index >= 15 is 0 Å². The summed E-state index contributed by atoms with van der Waals surface area (Å²) in [5, 5.41) is 24.0. The Bertz CT molecular complexity index is 1290. The zero-order valence-corrected chi connectivity index (χ0v) is 18.1. The Balaban J connectivity index is 1.38. The number of benzene rings is 2. The molecule has 4 aliphatic rings. The predicted molar refractivity (Wildman–Crippen MR) is 116 cm³/mol. The molecular weight excluding hydrogens is 422 g/mol. The fraction of sp³-hybridized carbons (Fsp3) is 0.417. The first kappa shape index (κ1) is 19.2. The Hall–Kier alpha value is -3.30. The second kappa shape index (κ2) is 6.39. The number of likely N-dealkylation sites (N-methyl/N-ethyl adjacent to an activating group) is 1. The highest BCUT2D eigenvalue weighted by atomic mass is 16.5. The smallest absolute Gasteiger partial charge is 0.346 e. The monoisotopic (exact) mass is 445 g/mol. The molecular formula is C24H23N5O4. The van der Waals surface area contributed by atoms with Gasteiger partial charge in [-0.05, 0) is 67.0 Å². The average molecular weight is 445 g/mol. The summed E-state index contributed by atoms with van der Waals surface area (Å²) in [7, 11) is 2.06. The van der Waals surface area contributed by atoms with Crippen LogP contribution in [0.2, 0.25) is 0 Å². The minimum Gasteiger partial charge on any atom is -0.477 e. The lowest BCUT2D eigenvalue weighted by molar-refractivity contribution is -0.185. The molecule has 0 amide bonds. The number of aliphatic hydroxyl groups is 1. The largest absolute Gasteiger partial charge is 0.477 e. The lowest BCUT2D eigenvalue weighted by Gasteiger charge is -2.61. The van der Waals surface area contributed by atoms with E-state index in [2.05, 4.69) is 27.5 Å². The quantitative estimate of drug-likeness (QED) is 0.651. The highest BCUT2D eigenvalue weighted by Crippen LogP contribution is 2.64. The zero-order valence-electron chi connectivity index (χ0n) is 18.1. The van der Waals surface area contributed by atoms with E-state index in [1.54, 1.807) is 0 Å². The van der Waals surface area contributed by atoms with Gasteiger partial charge in [-0.2, -0.15) is 4.68 Å². The van der Waals surface area contributed by atoms with Gasteiger partial charge in [0, 0.05) is 18.0 Å². The van der Waals surface area contributed by atoms with Gasteiger partial charge in [-0.25, -0.2) is 0 Å². The normalized spacial score (nSPS) is 31.8. The van der Waals surface area contributed by atoms with Crippen LogP contribution in [0.25, 0.3) is 5.69 Å². The summed E-state index contributed by atoms with van der Waals surface area (Å²) in [6, 6.07) is 13.5. The Morgan fingerprint density at radius 2 is 2.03 bits per heavy atom. The van der Waals surface area contributed by atoms with Gasteiger partial charge >= 0.3 is 6.01 Å². The second-order valence-electron chi connectivity index (χ2n) is 9.55. The molecule has 2 aliphatic heterocycles. The van der Waals surface area contributed by atoms with Crippen LogP contribution in [0.4, 0.5) is 0 Å². The Morgan fingerprint density at radius 3 is 2.88 bits per heavy atom. The van der Waals surface area contributed by atoms with E-state index in [0.29, 0.717) is 37.2 Å². The van der Waals surface area contributed by atoms with E-state index < -0.39 is 17.1 Å². The highest BCUT2D eigenvalue weighted by Gasteiger charge is 2.72. The summed E-state index contributed by atoms with van der Waals surface area (Å²) in [4.78, 5) is 15.3. The van der Waals surface area contributed by atoms with Gasteiger partial charge in [-0.15, -0.1) is 0 Å². The molecule has 33 heavy (non-hydrogen) atoms. The lowest BCUT2D eigenvalue weighted by atomic mass is 9.49. The molecule has 1 saturated heterocycles. The zero-order chi connectivity index (χ0) is 22.4. The maximum Gasteiger partial charge on any atom is 0.346 e. The Kier molecular flexibility index (Phi) is 3.72. The standard InChI is InChI=1S/C24H23N5O4/c1-28-12-11-23-19-14-7-8-17(32-22-25-26-27-29(22)15-5-3-2-4-6-15)20(19)33-21(23)16(30)9-10-24(23,31)18(28)13-14/h2-8,18,21,31H,9-13H2,1H3. The third-order valence-electron chi connectivity index (χ3n) is 8.15. The van der Waals surface area contributed by atoms with Gasteiger partial charge in [0.05, 0.1) is 16.7 Å². The van der Waals surface area contributed by atoms with E-state index in [1.807, 2.05) is 42.5 Å². The van der Waals surface area contributed by atoms with Crippen LogP contribution in [0.5, 0.6) is 17.5 Å². The number of rotatable bonds is 3. The predicted octanol–water partition coefficient (Wildman–Crippen LogP) is 1.81. The van der Waals surface area contributed by atoms with Crippen molar-refractivity contribution in [2.24, 2.45) is 0 Å². The van der Waals surface area contributed by atoms with Crippen molar-refractivity contribution in [2.45, 2.75) is 48.8 Å². The van der Waals surface area contributed by atoms with E-state index in [4.69, 9.17) is 9.47 Å².